The fraction of sp³-hybridized carbons (Fsp3) is 0.600. The number of hydrogen-bond acceptors (Lipinski definition) is 2. The number of aliphatic hydroxyl groups is 1. The highest BCUT2D eigenvalue weighted by Crippen LogP contribution is 2.24. The first-order valence-electron chi connectivity index (χ1n) is 6.10. The van der Waals surface area contributed by atoms with Gasteiger partial charge in [0.15, 0.2) is 0 Å². The van der Waals surface area contributed by atoms with Gasteiger partial charge in [0.05, 0.1) is 12.2 Å². The highest BCUT2D eigenvalue weighted by molar-refractivity contribution is 5.38. The standard InChI is InChI=1S/C15H24O2/c1-10-7-11(2)14(12(3)8-10)13(16)9-17-15(4,5)6/h7-8,13,16H,9H2,1-6H3. The van der Waals surface area contributed by atoms with Gasteiger partial charge in [0.2, 0.25) is 0 Å². The Labute approximate surface area is 105 Å². The van der Waals surface area contributed by atoms with E-state index in [0.29, 0.717) is 6.61 Å². The lowest BCUT2D eigenvalue weighted by Gasteiger charge is -2.24. The summed E-state index contributed by atoms with van der Waals surface area (Å²) in [6, 6.07) is 4.20. The van der Waals surface area contributed by atoms with E-state index < -0.39 is 6.10 Å². The normalized spacial score (nSPS) is 13.8. The van der Waals surface area contributed by atoms with Crippen molar-refractivity contribution >= 4 is 0 Å². The predicted octanol–water partition coefficient (Wildman–Crippen LogP) is 3.46. The molecule has 0 saturated carbocycles. The lowest BCUT2D eigenvalue weighted by molar-refractivity contribution is -0.0499. The van der Waals surface area contributed by atoms with Gasteiger partial charge < -0.3 is 9.84 Å². The molecule has 0 spiro atoms. The van der Waals surface area contributed by atoms with E-state index in [2.05, 4.69) is 19.1 Å². The number of aryl methyl sites for hydroxylation is 3. The molecule has 1 N–H and O–H groups in total. The molecule has 0 fully saturated rings. The minimum Gasteiger partial charge on any atom is -0.386 e. The van der Waals surface area contributed by atoms with Crippen LogP contribution >= 0.6 is 0 Å². The van der Waals surface area contributed by atoms with E-state index in [-0.39, 0.29) is 5.60 Å². The molecule has 0 heterocycles. The van der Waals surface area contributed by atoms with Gasteiger partial charge in [-0.15, -0.1) is 0 Å². The summed E-state index contributed by atoms with van der Waals surface area (Å²) in [6.45, 7) is 12.5. The SMILES string of the molecule is Cc1cc(C)c(C(O)COC(C)(C)C)c(C)c1. The lowest BCUT2D eigenvalue weighted by Crippen LogP contribution is -2.23. The van der Waals surface area contributed by atoms with Crippen molar-refractivity contribution in [1.29, 1.82) is 0 Å². The summed E-state index contributed by atoms with van der Waals surface area (Å²) >= 11 is 0. The average molecular weight is 236 g/mol. The van der Waals surface area contributed by atoms with Crippen molar-refractivity contribution in [1.82, 2.24) is 0 Å². The third-order valence-electron chi connectivity index (χ3n) is 2.75. The van der Waals surface area contributed by atoms with Crippen LogP contribution in [0.4, 0.5) is 0 Å². The van der Waals surface area contributed by atoms with E-state index in [0.717, 1.165) is 16.7 Å². The summed E-state index contributed by atoms with van der Waals surface area (Å²) in [5.41, 5.74) is 4.28. The zero-order chi connectivity index (χ0) is 13.2. The third kappa shape index (κ3) is 4.14. The quantitative estimate of drug-likeness (QED) is 0.871. The molecule has 2 heteroatoms. The van der Waals surface area contributed by atoms with Crippen LogP contribution < -0.4 is 0 Å². The zero-order valence-corrected chi connectivity index (χ0v) is 11.8. The Morgan fingerprint density at radius 2 is 1.59 bits per heavy atom. The first-order valence-corrected chi connectivity index (χ1v) is 6.10. The lowest BCUT2D eigenvalue weighted by atomic mass is 9.96. The van der Waals surface area contributed by atoms with Gasteiger partial charge in [0, 0.05) is 0 Å². The predicted molar refractivity (Wildman–Crippen MR) is 71.3 cm³/mol. The minimum atomic E-state index is -0.546. The van der Waals surface area contributed by atoms with Gasteiger partial charge >= 0.3 is 0 Å². The molecule has 1 atom stereocenters. The van der Waals surface area contributed by atoms with Crippen LogP contribution in [-0.4, -0.2) is 17.3 Å². The van der Waals surface area contributed by atoms with E-state index >= 15 is 0 Å². The van der Waals surface area contributed by atoms with Crippen molar-refractivity contribution in [3.8, 4) is 0 Å². The van der Waals surface area contributed by atoms with Crippen molar-refractivity contribution in [3.05, 3.63) is 34.4 Å². The average Bonchev–Trinajstić information content (AvgIpc) is 2.11. The monoisotopic (exact) mass is 236 g/mol. The number of hydrogen-bond donors (Lipinski definition) is 1. The summed E-state index contributed by atoms with van der Waals surface area (Å²) in [7, 11) is 0. The topological polar surface area (TPSA) is 29.5 Å². The number of aliphatic hydroxyl groups excluding tert-OH is 1. The van der Waals surface area contributed by atoms with E-state index in [1.165, 1.54) is 5.56 Å². The molecule has 1 aromatic carbocycles. The summed E-state index contributed by atoms with van der Waals surface area (Å²) in [5.74, 6) is 0. The van der Waals surface area contributed by atoms with Crippen molar-refractivity contribution in [2.75, 3.05) is 6.61 Å². The maximum atomic E-state index is 10.2. The molecule has 96 valence electrons. The van der Waals surface area contributed by atoms with Crippen LogP contribution in [0.3, 0.4) is 0 Å². The molecule has 0 bridgehead atoms. The van der Waals surface area contributed by atoms with Crippen LogP contribution in [0.5, 0.6) is 0 Å². The molecular formula is C15H24O2. The van der Waals surface area contributed by atoms with Crippen molar-refractivity contribution in [3.63, 3.8) is 0 Å². The largest absolute Gasteiger partial charge is 0.386 e. The molecule has 0 aliphatic rings. The van der Waals surface area contributed by atoms with Crippen LogP contribution in [0.25, 0.3) is 0 Å². The Balaban J connectivity index is 2.86. The summed E-state index contributed by atoms with van der Waals surface area (Å²) < 4.78 is 5.64. The van der Waals surface area contributed by atoms with E-state index in [9.17, 15) is 5.11 Å². The van der Waals surface area contributed by atoms with Crippen LogP contribution in [0.15, 0.2) is 12.1 Å². The molecule has 0 saturated heterocycles. The molecule has 1 aromatic rings. The van der Waals surface area contributed by atoms with Gasteiger partial charge in [-0.05, 0) is 58.2 Å². The Morgan fingerprint density at radius 3 is 2.00 bits per heavy atom. The van der Waals surface area contributed by atoms with Crippen molar-refractivity contribution < 1.29 is 9.84 Å². The van der Waals surface area contributed by atoms with Crippen LogP contribution in [0.2, 0.25) is 0 Å². The van der Waals surface area contributed by atoms with Gasteiger partial charge in [-0.25, -0.2) is 0 Å². The molecule has 17 heavy (non-hydrogen) atoms. The highest BCUT2D eigenvalue weighted by atomic mass is 16.5. The second-order valence-electron chi connectivity index (χ2n) is 5.75. The minimum absolute atomic E-state index is 0.215. The molecule has 1 unspecified atom stereocenters. The molecule has 0 amide bonds. The van der Waals surface area contributed by atoms with Gasteiger partial charge in [0.25, 0.3) is 0 Å². The number of ether oxygens (including phenoxy) is 1. The fourth-order valence-corrected chi connectivity index (χ4v) is 2.13. The molecule has 2 nitrogen and oxygen atoms in total. The number of benzene rings is 1. The summed E-state index contributed by atoms with van der Waals surface area (Å²) in [5, 5.41) is 10.2. The second-order valence-corrected chi connectivity index (χ2v) is 5.75. The van der Waals surface area contributed by atoms with Crippen LogP contribution in [-0.2, 0) is 4.74 Å². The number of rotatable bonds is 3. The third-order valence-corrected chi connectivity index (χ3v) is 2.75. The van der Waals surface area contributed by atoms with Crippen molar-refractivity contribution in [2.24, 2.45) is 0 Å². The molecule has 0 radical (unpaired) electrons. The first-order chi connectivity index (χ1) is 7.70. The van der Waals surface area contributed by atoms with E-state index in [1.807, 2.05) is 34.6 Å². The Bertz CT molecular complexity index is 365. The molecule has 0 aromatic heterocycles. The van der Waals surface area contributed by atoms with Gasteiger partial charge in [-0.3, -0.25) is 0 Å². The second kappa shape index (κ2) is 5.19. The summed E-state index contributed by atoms with van der Waals surface area (Å²) in [6.07, 6.45) is -0.546. The maximum absolute atomic E-state index is 10.2. The molecule has 1 rings (SSSR count). The Hall–Kier alpha value is -0.860. The molecule has 0 aliphatic heterocycles. The van der Waals surface area contributed by atoms with Gasteiger partial charge in [-0.1, -0.05) is 17.7 Å². The first kappa shape index (κ1) is 14.2. The Morgan fingerprint density at radius 1 is 1.12 bits per heavy atom. The Kier molecular flexibility index (Phi) is 4.34. The fourth-order valence-electron chi connectivity index (χ4n) is 2.13. The zero-order valence-electron chi connectivity index (χ0n) is 11.8. The smallest absolute Gasteiger partial charge is 0.103 e. The van der Waals surface area contributed by atoms with Crippen molar-refractivity contribution in [2.45, 2.75) is 53.2 Å². The molecule has 0 aliphatic carbocycles. The van der Waals surface area contributed by atoms with Gasteiger partial charge in [-0.2, -0.15) is 0 Å². The summed E-state index contributed by atoms with van der Waals surface area (Å²) in [4.78, 5) is 0. The van der Waals surface area contributed by atoms with Crippen LogP contribution in [0, 0.1) is 20.8 Å². The highest BCUT2D eigenvalue weighted by Gasteiger charge is 2.18. The van der Waals surface area contributed by atoms with Crippen LogP contribution in [0.1, 0.15) is 49.1 Å². The van der Waals surface area contributed by atoms with E-state index in [1.54, 1.807) is 0 Å². The molecular weight excluding hydrogens is 212 g/mol. The maximum Gasteiger partial charge on any atom is 0.103 e. The van der Waals surface area contributed by atoms with E-state index in [4.69, 9.17) is 4.74 Å². The van der Waals surface area contributed by atoms with Gasteiger partial charge in [0.1, 0.15) is 6.10 Å².